The second-order valence-corrected chi connectivity index (χ2v) is 7.83. The summed E-state index contributed by atoms with van der Waals surface area (Å²) in [6.45, 7) is 3.72. The number of carbonyl (C=O) groups excluding carboxylic acids is 1. The summed E-state index contributed by atoms with van der Waals surface area (Å²) in [6.07, 6.45) is 0. The summed E-state index contributed by atoms with van der Waals surface area (Å²) < 4.78 is 38.7. The molecule has 2 aromatic carbocycles. The van der Waals surface area contributed by atoms with Crippen LogP contribution in [0.3, 0.4) is 0 Å². The van der Waals surface area contributed by atoms with Crippen LogP contribution in [-0.2, 0) is 9.53 Å². The van der Waals surface area contributed by atoms with Gasteiger partial charge >= 0.3 is 0 Å². The van der Waals surface area contributed by atoms with Crippen LogP contribution in [-0.4, -0.2) is 61.8 Å². The Kier molecular flexibility index (Phi) is 8.14. The lowest BCUT2D eigenvalue weighted by molar-refractivity contribution is -0.120. The number of anilines is 1. The summed E-state index contributed by atoms with van der Waals surface area (Å²) in [5.41, 5.74) is 0.251. The molecule has 4 rings (SSSR count). The number of amides is 1. The molecule has 0 bridgehead atoms. The smallest absolute Gasteiger partial charge is 0.266 e. The lowest BCUT2D eigenvalue weighted by Gasteiger charge is -2.29. The standard InChI is InChI=1S/C21H21F2N3O3S.ClH/c22-15-4-6-16(7-5-15)29-14-19(27)26(9-8-25-10-12-28-13-11-25)21-24-20-17(23)2-1-3-18(20)30-21;/h1-7H,8-14H2;1H. The van der Waals surface area contributed by atoms with Crippen LogP contribution in [0.1, 0.15) is 0 Å². The zero-order valence-electron chi connectivity index (χ0n) is 16.6. The molecule has 1 fully saturated rings. The van der Waals surface area contributed by atoms with Crippen molar-refractivity contribution >= 4 is 45.0 Å². The fourth-order valence-corrected chi connectivity index (χ4v) is 4.19. The molecular weight excluding hydrogens is 448 g/mol. The highest BCUT2D eigenvalue weighted by Gasteiger charge is 2.23. The van der Waals surface area contributed by atoms with Gasteiger partial charge in [-0.05, 0) is 36.4 Å². The van der Waals surface area contributed by atoms with Gasteiger partial charge in [-0.1, -0.05) is 17.4 Å². The lowest BCUT2D eigenvalue weighted by Crippen LogP contribution is -2.44. The van der Waals surface area contributed by atoms with Crippen molar-refractivity contribution in [3.05, 3.63) is 54.1 Å². The number of carbonyl (C=O) groups is 1. The Morgan fingerprint density at radius 3 is 2.61 bits per heavy atom. The van der Waals surface area contributed by atoms with Crippen molar-refractivity contribution in [2.24, 2.45) is 0 Å². The summed E-state index contributed by atoms with van der Waals surface area (Å²) >= 11 is 1.26. The van der Waals surface area contributed by atoms with Crippen LogP contribution in [0.5, 0.6) is 5.75 Å². The Morgan fingerprint density at radius 2 is 1.90 bits per heavy atom. The van der Waals surface area contributed by atoms with Gasteiger partial charge in [0, 0.05) is 26.2 Å². The zero-order chi connectivity index (χ0) is 20.9. The van der Waals surface area contributed by atoms with E-state index < -0.39 is 5.82 Å². The van der Waals surface area contributed by atoms with Crippen LogP contribution >= 0.6 is 23.7 Å². The quantitative estimate of drug-likeness (QED) is 0.527. The number of fused-ring (bicyclic) bond motifs is 1. The zero-order valence-corrected chi connectivity index (χ0v) is 18.3. The van der Waals surface area contributed by atoms with Crippen molar-refractivity contribution in [2.75, 3.05) is 50.9 Å². The molecule has 1 amide bonds. The fourth-order valence-electron chi connectivity index (χ4n) is 3.17. The first-order valence-corrected chi connectivity index (χ1v) is 10.5. The Morgan fingerprint density at radius 1 is 1.16 bits per heavy atom. The summed E-state index contributed by atoms with van der Waals surface area (Å²) in [4.78, 5) is 21.1. The summed E-state index contributed by atoms with van der Waals surface area (Å²) in [5, 5.41) is 0.427. The average Bonchev–Trinajstić information content (AvgIpc) is 3.19. The number of thiazole rings is 1. The minimum atomic E-state index is -0.418. The molecule has 0 radical (unpaired) electrons. The van der Waals surface area contributed by atoms with Crippen molar-refractivity contribution in [1.29, 1.82) is 0 Å². The van der Waals surface area contributed by atoms with E-state index in [1.165, 1.54) is 46.6 Å². The molecule has 31 heavy (non-hydrogen) atoms. The first kappa shape index (κ1) is 23.3. The van der Waals surface area contributed by atoms with Gasteiger partial charge in [0.1, 0.15) is 22.9 Å². The van der Waals surface area contributed by atoms with Crippen molar-refractivity contribution in [3.63, 3.8) is 0 Å². The van der Waals surface area contributed by atoms with Crippen molar-refractivity contribution < 1.29 is 23.0 Å². The predicted molar refractivity (Wildman–Crippen MR) is 118 cm³/mol. The maximum atomic E-state index is 14.1. The van der Waals surface area contributed by atoms with Gasteiger partial charge in [-0.3, -0.25) is 14.6 Å². The third kappa shape index (κ3) is 5.88. The second kappa shape index (κ2) is 10.8. The van der Waals surface area contributed by atoms with Gasteiger partial charge in [0.2, 0.25) is 0 Å². The molecule has 0 aliphatic carbocycles. The molecule has 166 valence electrons. The third-order valence-electron chi connectivity index (χ3n) is 4.81. The number of ether oxygens (including phenoxy) is 2. The predicted octanol–water partition coefficient (Wildman–Crippen LogP) is 3.74. The molecule has 10 heteroatoms. The molecule has 1 aromatic heterocycles. The molecule has 0 unspecified atom stereocenters. The summed E-state index contributed by atoms with van der Waals surface area (Å²) in [5.74, 6) is -0.698. The summed E-state index contributed by atoms with van der Waals surface area (Å²) in [6, 6.07) is 10.2. The Bertz CT molecular complexity index is 1010. The normalized spacial score (nSPS) is 14.3. The fraction of sp³-hybridized carbons (Fsp3) is 0.333. The topological polar surface area (TPSA) is 54.9 Å². The largest absolute Gasteiger partial charge is 0.484 e. The van der Waals surface area contributed by atoms with E-state index in [4.69, 9.17) is 9.47 Å². The van der Waals surface area contributed by atoms with E-state index in [2.05, 4.69) is 9.88 Å². The Balaban J connectivity index is 0.00000272. The Hall–Kier alpha value is -2.33. The van der Waals surface area contributed by atoms with Crippen molar-refractivity contribution in [2.45, 2.75) is 0 Å². The van der Waals surface area contributed by atoms with Crippen LogP contribution in [0.15, 0.2) is 42.5 Å². The molecule has 1 aliphatic rings. The van der Waals surface area contributed by atoms with Gasteiger partial charge < -0.3 is 9.47 Å². The van der Waals surface area contributed by atoms with Gasteiger partial charge in [-0.25, -0.2) is 13.8 Å². The lowest BCUT2D eigenvalue weighted by atomic mass is 10.3. The molecule has 1 aliphatic heterocycles. The third-order valence-corrected chi connectivity index (χ3v) is 5.85. The van der Waals surface area contributed by atoms with Gasteiger partial charge in [-0.2, -0.15) is 0 Å². The maximum absolute atomic E-state index is 14.1. The van der Waals surface area contributed by atoms with E-state index in [-0.39, 0.29) is 36.3 Å². The van der Waals surface area contributed by atoms with Gasteiger partial charge in [0.25, 0.3) is 5.91 Å². The van der Waals surface area contributed by atoms with Crippen molar-refractivity contribution in [3.8, 4) is 5.75 Å². The molecule has 0 spiro atoms. The minimum Gasteiger partial charge on any atom is -0.484 e. The summed E-state index contributed by atoms with van der Waals surface area (Å²) in [7, 11) is 0. The van der Waals surface area contributed by atoms with E-state index >= 15 is 0 Å². The minimum absolute atomic E-state index is 0. The highest BCUT2D eigenvalue weighted by atomic mass is 35.5. The first-order chi connectivity index (χ1) is 14.6. The SMILES string of the molecule is Cl.O=C(COc1ccc(F)cc1)N(CCN1CCOCC1)c1nc2c(F)cccc2s1. The Labute approximate surface area is 188 Å². The average molecular weight is 470 g/mol. The van der Waals surface area contributed by atoms with E-state index in [9.17, 15) is 13.6 Å². The number of rotatable bonds is 7. The number of hydrogen-bond acceptors (Lipinski definition) is 6. The number of hydrogen-bond donors (Lipinski definition) is 0. The molecule has 1 saturated heterocycles. The van der Waals surface area contributed by atoms with Gasteiger partial charge in [0.05, 0.1) is 17.9 Å². The van der Waals surface area contributed by atoms with Crippen LogP contribution in [0.4, 0.5) is 13.9 Å². The van der Waals surface area contributed by atoms with Gasteiger partial charge in [-0.15, -0.1) is 12.4 Å². The highest BCUT2D eigenvalue weighted by molar-refractivity contribution is 7.22. The number of benzene rings is 2. The molecule has 3 aromatic rings. The van der Waals surface area contributed by atoms with Crippen LogP contribution < -0.4 is 9.64 Å². The van der Waals surface area contributed by atoms with Gasteiger partial charge in [0.15, 0.2) is 11.7 Å². The molecule has 0 atom stereocenters. The van der Waals surface area contributed by atoms with E-state index in [0.717, 1.165) is 13.1 Å². The number of aromatic nitrogens is 1. The molecule has 0 saturated carbocycles. The van der Waals surface area contributed by atoms with E-state index in [0.29, 0.717) is 41.9 Å². The first-order valence-electron chi connectivity index (χ1n) is 9.64. The number of para-hydroxylation sites is 1. The number of morpholine rings is 1. The molecule has 0 N–H and O–H groups in total. The molecule has 6 nitrogen and oxygen atoms in total. The monoisotopic (exact) mass is 469 g/mol. The van der Waals surface area contributed by atoms with Crippen LogP contribution in [0.25, 0.3) is 10.2 Å². The number of nitrogens with zero attached hydrogens (tertiary/aromatic N) is 3. The number of halogens is 3. The van der Waals surface area contributed by atoms with E-state index in [1.54, 1.807) is 12.1 Å². The van der Waals surface area contributed by atoms with Crippen molar-refractivity contribution in [1.82, 2.24) is 9.88 Å². The highest BCUT2D eigenvalue weighted by Crippen LogP contribution is 2.30. The van der Waals surface area contributed by atoms with Crippen LogP contribution in [0, 0.1) is 11.6 Å². The second-order valence-electron chi connectivity index (χ2n) is 6.83. The molecule has 2 heterocycles. The maximum Gasteiger partial charge on any atom is 0.266 e. The van der Waals surface area contributed by atoms with Crippen LogP contribution in [0.2, 0.25) is 0 Å². The van der Waals surface area contributed by atoms with E-state index in [1.807, 2.05) is 0 Å². The molecular formula is C21H22ClF2N3O3S.